The number of nitrogens with zero attached hydrogens (tertiary/aromatic N) is 2. The second-order valence-electron chi connectivity index (χ2n) is 15.0. The normalized spacial score (nSPS) is 17.1. The first-order chi connectivity index (χ1) is 24.5. The van der Waals surface area contributed by atoms with Crippen LogP contribution in [0.5, 0.6) is 0 Å². The number of hydrogen-bond acceptors (Lipinski definition) is 5. The van der Waals surface area contributed by atoms with Gasteiger partial charge in [-0.1, -0.05) is 117 Å². The largest absolute Gasteiger partial charge is 0.354 e. The van der Waals surface area contributed by atoms with E-state index in [0.717, 1.165) is 83.7 Å². The van der Waals surface area contributed by atoms with Gasteiger partial charge in [-0.15, -0.1) is 12.4 Å². The summed E-state index contributed by atoms with van der Waals surface area (Å²) in [4.78, 5) is 55.0. The van der Waals surface area contributed by atoms with Gasteiger partial charge in [0.2, 0.25) is 23.6 Å². The first kappa shape index (κ1) is 47.2. The third-order valence-corrected chi connectivity index (χ3v) is 10.6. The van der Waals surface area contributed by atoms with E-state index in [1.807, 2.05) is 9.80 Å². The quantitative estimate of drug-likeness (QED) is 0.0621. The second kappa shape index (κ2) is 31.6. The highest BCUT2D eigenvalue weighted by atomic mass is 35.5. The number of nitrogens with one attached hydrogen (secondary N) is 3. The standard InChI is InChI=1S/C41H77N5O4.ClH/c1-3-5-7-9-11-13-15-17-19-28-38(47)45-34-23-26-36(45)40(49)43-32-22-21-30-42-31-25-33-44-41(50)37-27-24-35-46(37)39(48)29-20-18-16-14-12-10-8-6-4-2;/h36-37,42H,3-35H2,1-2H3,(H,43,49)(H,44,50);1H. The zero-order chi connectivity index (χ0) is 36.1. The summed E-state index contributed by atoms with van der Waals surface area (Å²) >= 11 is 0. The molecule has 2 unspecified atom stereocenters. The number of hydrogen-bond donors (Lipinski definition) is 3. The van der Waals surface area contributed by atoms with Crippen LogP contribution < -0.4 is 16.0 Å². The predicted molar refractivity (Wildman–Crippen MR) is 213 cm³/mol. The molecule has 0 aromatic rings. The van der Waals surface area contributed by atoms with Gasteiger partial charge in [-0.05, 0) is 70.9 Å². The molecule has 10 heteroatoms. The first-order valence-electron chi connectivity index (χ1n) is 21.3. The van der Waals surface area contributed by atoms with E-state index < -0.39 is 0 Å². The number of carbonyl (C=O) groups is 4. The molecule has 0 radical (unpaired) electrons. The van der Waals surface area contributed by atoms with Crippen molar-refractivity contribution >= 4 is 36.0 Å². The van der Waals surface area contributed by atoms with E-state index in [9.17, 15) is 19.2 Å². The van der Waals surface area contributed by atoms with E-state index >= 15 is 0 Å². The molecule has 2 aliphatic heterocycles. The van der Waals surface area contributed by atoms with Gasteiger partial charge < -0.3 is 25.8 Å². The fourth-order valence-corrected chi connectivity index (χ4v) is 7.51. The van der Waals surface area contributed by atoms with Crippen LogP contribution in [-0.4, -0.2) is 84.8 Å². The van der Waals surface area contributed by atoms with Crippen molar-refractivity contribution in [2.75, 3.05) is 39.3 Å². The van der Waals surface area contributed by atoms with E-state index in [2.05, 4.69) is 29.8 Å². The minimum Gasteiger partial charge on any atom is -0.354 e. The van der Waals surface area contributed by atoms with Crippen LogP contribution in [0.15, 0.2) is 0 Å². The molecule has 0 aromatic heterocycles. The molecule has 0 saturated carbocycles. The Kier molecular flexibility index (Phi) is 29.2. The van der Waals surface area contributed by atoms with E-state index in [0.29, 0.717) is 39.0 Å². The Morgan fingerprint density at radius 2 is 0.824 bits per heavy atom. The maximum Gasteiger partial charge on any atom is 0.242 e. The minimum absolute atomic E-state index is 0. The summed E-state index contributed by atoms with van der Waals surface area (Å²) in [6.45, 7) is 8.80. The lowest BCUT2D eigenvalue weighted by Crippen LogP contribution is -2.46. The van der Waals surface area contributed by atoms with Crippen LogP contribution >= 0.6 is 12.4 Å². The highest BCUT2D eigenvalue weighted by Crippen LogP contribution is 2.21. The van der Waals surface area contributed by atoms with Crippen LogP contribution in [0.25, 0.3) is 0 Å². The SMILES string of the molecule is CCCCCCCCCCCC(=O)N1CCCC1C(=O)NCCCCNCCCNC(=O)C1CCCN1C(=O)CCCCCCCCCCC.Cl. The van der Waals surface area contributed by atoms with Gasteiger partial charge in [0, 0.05) is 39.0 Å². The summed E-state index contributed by atoms with van der Waals surface area (Å²) in [5.74, 6) is 0.272. The summed E-state index contributed by atoms with van der Waals surface area (Å²) in [5.41, 5.74) is 0. The number of rotatable bonds is 31. The highest BCUT2D eigenvalue weighted by molar-refractivity contribution is 5.89. The van der Waals surface area contributed by atoms with Crippen LogP contribution in [0, 0.1) is 0 Å². The number of carbonyl (C=O) groups excluding carboxylic acids is 4. The molecule has 0 aromatic carbocycles. The lowest BCUT2D eigenvalue weighted by molar-refractivity contribution is -0.138. The minimum atomic E-state index is -0.307. The molecular formula is C41H78ClN5O4. The average molecular weight is 741 g/mol. The fraction of sp³-hybridized carbons (Fsp3) is 0.902. The van der Waals surface area contributed by atoms with Gasteiger partial charge in [0.25, 0.3) is 0 Å². The van der Waals surface area contributed by atoms with Gasteiger partial charge in [0.15, 0.2) is 0 Å². The molecule has 2 fully saturated rings. The Balaban J connectivity index is 0.0000130. The molecule has 298 valence electrons. The summed E-state index contributed by atoms with van der Waals surface area (Å²) < 4.78 is 0. The Morgan fingerprint density at radius 1 is 0.471 bits per heavy atom. The van der Waals surface area contributed by atoms with E-state index in [-0.39, 0.29) is 48.1 Å². The zero-order valence-corrected chi connectivity index (χ0v) is 33.7. The molecule has 2 rings (SSSR count). The lowest BCUT2D eigenvalue weighted by Gasteiger charge is -2.24. The molecular weight excluding hydrogens is 662 g/mol. The van der Waals surface area contributed by atoms with Crippen molar-refractivity contribution in [2.45, 2.75) is 199 Å². The Hall–Kier alpha value is -1.87. The van der Waals surface area contributed by atoms with Gasteiger partial charge in [-0.25, -0.2) is 0 Å². The maximum atomic E-state index is 12.8. The summed E-state index contributed by atoms with van der Waals surface area (Å²) in [6, 6.07) is -0.609. The zero-order valence-electron chi connectivity index (χ0n) is 32.9. The van der Waals surface area contributed by atoms with Crippen molar-refractivity contribution < 1.29 is 19.2 Å². The Bertz CT molecular complexity index is 850. The van der Waals surface area contributed by atoms with Crippen molar-refractivity contribution in [3.8, 4) is 0 Å². The molecule has 2 heterocycles. The van der Waals surface area contributed by atoms with Gasteiger partial charge in [-0.2, -0.15) is 0 Å². The molecule has 2 atom stereocenters. The Labute approximate surface area is 318 Å². The molecule has 51 heavy (non-hydrogen) atoms. The fourth-order valence-electron chi connectivity index (χ4n) is 7.51. The van der Waals surface area contributed by atoms with Crippen LogP contribution in [0.4, 0.5) is 0 Å². The second-order valence-corrected chi connectivity index (χ2v) is 15.0. The summed E-state index contributed by atoms with van der Waals surface area (Å²) in [7, 11) is 0. The van der Waals surface area contributed by atoms with Crippen molar-refractivity contribution in [1.29, 1.82) is 0 Å². The maximum absolute atomic E-state index is 12.8. The highest BCUT2D eigenvalue weighted by Gasteiger charge is 2.34. The topological polar surface area (TPSA) is 111 Å². The average Bonchev–Trinajstić information content (AvgIpc) is 3.82. The predicted octanol–water partition coefficient (Wildman–Crippen LogP) is 8.22. The van der Waals surface area contributed by atoms with Gasteiger partial charge in [0.05, 0.1) is 0 Å². The molecule has 2 saturated heterocycles. The van der Waals surface area contributed by atoms with Crippen LogP contribution in [0.1, 0.15) is 187 Å². The van der Waals surface area contributed by atoms with Crippen molar-refractivity contribution in [3.05, 3.63) is 0 Å². The van der Waals surface area contributed by atoms with Crippen LogP contribution in [0.3, 0.4) is 0 Å². The smallest absolute Gasteiger partial charge is 0.242 e. The van der Waals surface area contributed by atoms with Gasteiger partial charge in [0.1, 0.15) is 12.1 Å². The monoisotopic (exact) mass is 740 g/mol. The van der Waals surface area contributed by atoms with Gasteiger partial charge in [-0.3, -0.25) is 19.2 Å². The number of amides is 4. The molecule has 0 bridgehead atoms. The first-order valence-corrected chi connectivity index (χ1v) is 21.3. The van der Waals surface area contributed by atoms with Crippen molar-refractivity contribution in [1.82, 2.24) is 25.8 Å². The summed E-state index contributed by atoms with van der Waals surface area (Å²) in [5, 5.41) is 9.55. The third kappa shape index (κ3) is 21.4. The molecule has 3 N–H and O–H groups in total. The Morgan fingerprint density at radius 3 is 1.25 bits per heavy atom. The van der Waals surface area contributed by atoms with Gasteiger partial charge >= 0.3 is 0 Å². The van der Waals surface area contributed by atoms with E-state index in [1.54, 1.807) is 0 Å². The molecule has 0 spiro atoms. The van der Waals surface area contributed by atoms with Crippen molar-refractivity contribution in [2.24, 2.45) is 0 Å². The van der Waals surface area contributed by atoms with Crippen LogP contribution in [0.2, 0.25) is 0 Å². The molecule has 2 aliphatic rings. The molecule has 4 amide bonds. The van der Waals surface area contributed by atoms with E-state index in [1.165, 1.54) is 89.9 Å². The number of halogens is 1. The third-order valence-electron chi connectivity index (χ3n) is 10.6. The summed E-state index contributed by atoms with van der Waals surface area (Å²) in [6.07, 6.45) is 29.4. The lowest BCUT2D eigenvalue weighted by atomic mass is 10.1. The van der Waals surface area contributed by atoms with Crippen LogP contribution in [-0.2, 0) is 19.2 Å². The van der Waals surface area contributed by atoms with Crippen molar-refractivity contribution in [3.63, 3.8) is 0 Å². The number of likely N-dealkylation sites (tertiary alicyclic amines) is 2. The number of unbranched alkanes of at least 4 members (excludes halogenated alkanes) is 17. The molecule has 0 aliphatic carbocycles. The molecule has 9 nitrogen and oxygen atoms in total. The van der Waals surface area contributed by atoms with E-state index in [4.69, 9.17) is 0 Å².